The molecule has 106 valence electrons. The molecule has 0 atom stereocenters. The molecule has 2 aromatic rings. The molecule has 2 rings (SSSR count). The summed E-state index contributed by atoms with van der Waals surface area (Å²) in [7, 11) is -4.03. The molecule has 0 fully saturated rings. The second-order valence-corrected chi connectivity index (χ2v) is 6.33. The number of hydrogen-bond acceptors (Lipinski definition) is 4. The van der Waals surface area contributed by atoms with Gasteiger partial charge in [0.25, 0.3) is 10.0 Å². The first-order valence-electron chi connectivity index (χ1n) is 4.95. The molecule has 0 radical (unpaired) electrons. The number of sulfonamides is 1. The Balaban J connectivity index is 2.41. The third-order valence-corrected chi connectivity index (χ3v) is 4.55. The molecule has 1 aromatic carbocycles. The van der Waals surface area contributed by atoms with Gasteiger partial charge in [-0.25, -0.2) is 22.8 Å². The number of benzene rings is 1. The molecule has 1 N–H and O–H groups in total. The van der Waals surface area contributed by atoms with Gasteiger partial charge in [0.2, 0.25) is 0 Å². The summed E-state index contributed by atoms with van der Waals surface area (Å²) in [5, 5.41) is -0.567. The first kappa shape index (κ1) is 15.2. The van der Waals surface area contributed by atoms with Gasteiger partial charge in [-0.2, -0.15) is 0 Å². The Kier molecular flexibility index (Phi) is 4.33. The quantitative estimate of drug-likeness (QED) is 0.856. The minimum atomic E-state index is -4.03. The summed E-state index contributed by atoms with van der Waals surface area (Å²) < 4.78 is 39.3. The molecule has 1 aromatic heterocycles. The largest absolute Gasteiger partial charge is 0.263 e. The highest BCUT2D eigenvalue weighted by Gasteiger charge is 2.19. The molecule has 5 nitrogen and oxygen atoms in total. The van der Waals surface area contributed by atoms with Gasteiger partial charge in [0.1, 0.15) is 17.2 Å². The van der Waals surface area contributed by atoms with E-state index in [-0.39, 0.29) is 25.9 Å². The minimum absolute atomic E-state index is 0.100. The Bertz CT molecular complexity index is 770. The van der Waals surface area contributed by atoms with E-state index >= 15 is 0 Å². The van der Waals surface area contributed by atoms with E-state index in [1.165, 1.54) is 0 Å². The molecule has 0 aliphatic carbocycles. The SMILES string of the molecule is O=S(=O)(Nc1ncnc(Cl)c1Cl)c1ccc(F)c(Cl)c1. The smallest absolute Gasteiger partial charge is 0.262 e. The molecular weight excluding hydrogens is 352 g/mol. The lowest BCUT2D eigenvalue weighted by atomic mass is 10.3. The lowest BCUT2D eigenvalue weighted by molar-refractivity contribution is 0.599. The molecule has 10 heteroatoms. The number of hydrogen-bond donors (Lipinski definition) is 1. The lowest BCUT2D eigenvalue weighted by Gasteiger charge is -2.09. The number of anilines is 1. The molecule has 1 heterocycles. The molecule has 0 unspecified atom stereocenters. The maximum absolute atomic E-state index is 13.0. The monoisotopic (exact) mass is 355 g/mol. The van der Waals surface area contributed by atoms with Crippen molar-refractivity contribution in [2.24, 2.45) is 0 Å². The van der Waals surface area contributed by atoms with Crippen LogP contribution in [-0.4, -0.2) is 18.4 Å². The topological polar surface area (TPSA) is 72.0 Å². The van der Waals surface area contributed by atoms with E-state index in [1.807, 2.05) is 0 Å². The number of aromatic nitrogens is 2. The van der Waals surface area contributed by atoms with Gasteiger partial charge in [0.05, 0.1) is 9.92 Å². The van der Waals surface area contributed by atoms with Gasteiger partial charge in [-0.1, -0.05) is 34.8 Å². The summed E-state index contributed by atoms with van der Waals surface area (Å²) in [5.74, 6) is -0.916. The first-order valence-corrected chi connectivity index (χ1v) is 7.57. The summed E-state index contributed by atoms with van der Waals surface area (Å²) in [6.45, 7) is 0. The van der Waals surface area contributed by atoms with Crippen LogP contribution >= 0.6 is 34.8 Å². The summed E-state index contributed by atoms with van der Waals surface area (Å²) in [6, 6.07) is 2.96. The highest BCUT2D eigenvalue weighted by molar-refractivity contribution is 7.92. The third kappa shape index (κ3) is 3.12. The molecular formula is C10H5Cl3FN3O2S. The minimum Gasteiger partial charge on any atom is -0.262 e. The number of halogens is 4. The Morgan fingerprint density at radius 3 is 2.50 bits per heavy atom. The molecule has 0 saturated heterocycles. The zero-order chi connectivity index (χ0) is 14.9. The van der Waals surface area contributed by atoms with Crippen molar-refractivity contribution in [2.45, 2.75) is 4.90 Å². The van der Waals surface area contributed by atoms with Crippen LogP contribution in [0.25, 0.3) is 0 Å². The average molecular weight is 357 g/mol. The van der Waals surface area contributed by atoms with Gasteiger partial charge >= 0.3 is 0 Å². The van der Waals surface area contributed by atoms with Crippen molar-refractivity contribution >= 4 is 50.6 Å². The van der Waals surface area contributed by atoms with Crippen molar-refractivity contribution in [1.29, 1.82) is 0 Å². The van der Waals surface area contributed by atoms with Gasteiger partial charge in [-0.3, -0.25) is 4.72 Å². The molecule has 0 aliphatic heterocycles. The van der Waals surface area contributed by atoms with Crippen molar-refractivity contribution in [3.05, 3.63) is 45.5 Å². The summed E-state index contributed by atoms with van der Waals surface area (Å²) in [6.07, 6.45) is 1.05. The number of nitrogens with zero attached hydrogens (tertiary/aromatic N) is 2. The predicted molar refractivity (Wildman–Crippen MR) is 74.3 cm³/mol. The number of nitrogens with one attached hydrogen (secondary N) is 1. The average Bonchev–Trinajstić information content (AvgIpc) is 2.38. The summed E-state index contributed by atoms with van der Waals surface area (Å²) in [4.78, 5) is 7.01. The zero-order valence-corrected chi connectivity index (χ0v) is 12.5. The molecule has 0 spiro atoms. The van der Waals surface area contributed by atoms with E-state index in [9.17, 15) is 12.8 Å². The van der Waals surface area contributed by atoms with Gasteiger partial charge < -0.3 is 0 Å². The van der Waals surface area contributed by atoms with Gasteiger partial charge in [0.15, 0.2) is 11.0 Å². The predicted octanol–water partition coefficient (Wildman–Crippen LogP) is 3.38. The van der Waals surface area contributed by atoms with Crippen molar-refractivity contribution in [2.75, 3.05) is 4.72 Å². The van der Waals surface area contributed by atoms with E-state index in [1.54, 1.807) is 0 Å². The van der Waals surface area contributed by atoms with Crippen LogP contribution in [0.1, 0.15) is 0 Å². The van der Waals surface area contributed by atoms with E-state index in [2.05, 4.69) is 14.7 Å². The van der Waals surface area contributed by atoms with Crippen LogP contribution in [0.4, 0.5) is 10.2 Å². The fraction of sp³-hybridized carbons (Fsp3) is 0. The maximum atomic E-state index is 13.0. The molecule has 0 amide bonds. The van der Waals surface area contributed by atoms with Gasteiger partial charge in [0, 0.05) is 0 Å². The Morgan fingerprint density at radius 1 is 1.15 bits per heavy atom. The highest BCUT2D eigenvalue weighted by atomic mass is 35.5. The standard InChI is InChI=1S/C10H5Cl3FN3O2S/c11-6-3-5(1-2-7(6)14)20(18,19)17-10-8(12)9(13)15-4-16-10/h1-4H,(H,15,16,17). The van der Waals surface area contributed by atoms with E-state index < -0.39 is 15.8 Å². The third-order valence-electron chi connectivity index (χ3n) is 2.18. The summed E-state index contributed by atoms with van der Waals surface area (Å²) in [5.41, 5.74) is 0. The fourth-order valence-corrected chi connectivity index (χ4v) is 2.88. The van der Waals surface area contributed by atoms with Crippen LogP contribution in [0.3, 0.4) is 0 Å². The maximum Gasteiger partial charge on any atom is 0.263 e. The van der Waals surface area contributed by atoms with Crippen LogP contribution in [0, 0.1) is 5.82 Å². The molecule has 0 aliphatic rings. The first-order chi connectivity index (χ1) is 9.31. The second-order valence-electron chi connectivity index (χ2n) is 3.51. The highest BCUT2D eigenvalue weighted by Crippen LogP contribution is 2.28. The van der Waals surface area contributed by atoms with E-state index in [0.717, 1.165) is 24.5 Å². The van der Waals surface area contributed by atoms with Crippen molar-refractivity contribution in [3.8, 4) is 0 Å². The van der Waals surface area contributed by atoms with E-state index in [0.29, 0.717) is 0 Å². The lowest BCUT2D eigenvalue weighted by Crippen LogP contribution is -2.14. The molecule has 20 heavy (non-hydrogen) atoms. The van der Waals surface area contributed by atoms with Crippen molar-refractivity contribution < 1.29 is 12.8 Å². The van der Waals surface area contributed by atoms with Gasteiger partial charge in [-0.15, -0.1) is 0 Å². The van der Waals surface area contributed by atoms with Crippen LogP contribution in [0.2, 0.25) is 15.2 Å². The van der Waals surface area contributed by atoms with Crippen molar-refractivity contribution in [1.82, 2.24) is 9.97 Å². The Hall–Kier alpha value is -1.15. The van der Waals surface area contributed by atoms with E-state index in [4.69, 9.17) is 34.8 Å². The summed E-state index contributed by atoms with van der Waals surface area (Å²) >= 11 is 17.0. The van der Waals surface area contributed by atoms with Crippen molar-refractivity contribution in [3.63, 3.8) is 0 Å². The van der Waals surface area contributed by atoms with Crippen LogP contribution in [0.15, 0.2) is 29.4 Å². The molecule has 0 saturated carbocycles. The van der Waals surface area contributed by atoms with Gasteiger partial charge in [-0.05, 0) is 18.2 Å². The Morgan fingerprint density at radius 2 is 1.85 bits per heavy atom. The normalized spacial score (nSPS) is 11.4. The number of rotatable bonds is 3. The Labute approximate surface area is 128 Å². The fourth-order valence-electron chi connectivity index (χ4n) is 1.25. The zero-order valence-electron chi connectivity index (χ0n) is 9.44. The van der Waals surface area contributed by atoms with Crippen LogP contribution in [-0.2, 0) is 10.0 Å². The van der Waals surface area contributed by atoms with Crippen LogP contribution in [0.5, 0.6) is 0 Å². The molecule has 0 bridgehead atoms. The second kappa shape index (κ2) is 5.69. The van der Waals surface area contributed by atoms with Crippen LogP contribution < -0.4 is 4.72 Å².